The van der Waals surface area contributed by atoms with E-state index in [1.165, 1.54) is 0 Å². The predicted molar refractivity (Wildman–Crippen MR) is 75.0 cm³/mol. The summed E-state index contributed by atoms with van der Waals surface area (Å²) < 4.78 is 5.14. The molecule has 1 N–H and O–H groups in total. The maximum Gasteiger partial charge on any atom is 0.119 e. The molecule has 19 heavy (non-hydrogen) atoms. The zero-order valence-electron chi connectivity index (χ0n) is 10.8. The lowest BCUT2D eigenvalue weighted by Gasteiger charge is -2.01. The van der Waals surface area contributed by atoms with Gasteiger partial charge in [0.1, 0.15) is 16.8 Å². The van der Waals surface area contributed by atoms with Gasteiger partial charge in [-0.1, -0.05) is 0 Å². The molecule has 1 aromatic heterocycles. The SMILES string of the molecule is CNc1ccc2nn(-c3ccc(OC)cc3)nc2c1. The summed E-state index contributed by atoms with van der Waals surface area (Å²) in [6, 6.07) is 13.5. The number of hydrogen-bond acceptors (Lipinski definition) is 4. The number of aromatic nitrogens is 3. The number of fused-ring (bicyclic) bond motifs is 1. The third-order valence-corrected chi connectivity index (χ3v) is 2.97. The Balaban J connectivity index is 2.04. The van der Waals surface area contributed by atoms with Crippen molar-refractivity contribution in [3.05, 3.63) is 42.5 Å². The molecule has 0 atom stereocenters. The van der Waals surface area contributed by atoms with Crippen molar-refractivity contribution in [1.29, 1.82) is 0 Å². The van der Waals surface area contributed by atoms with Crippen LogP contribution in [-0.2, 0) is 0 Å². The normalized spacial score (nSPS) is 10.6. The molecule has 5 nitrogen and oxygen atoms in total. The van der Waals surface area contributed by atoms with Gasteiger partial charge >= 0.3 is 0 Å². The zero-order valence-corrected chi connectivity index (χ0v) is 10.8. The van der Waals surface area contributed by atoms with E-state index in [-0.39, 0.29) is 0 Å². The number of ether oxygens (including phenoxy) is 1. The van der Waals surface area contributed by atoms with Crippen LogP contribution >= 0.6 is 0 Å². The Morgan fingerprint density at radius 2 is 1.74 bits per heavy atom. The van der Waals surface area contributed by atoms with Crippen LogP contribution in [0.25, 0.3) is 16.7 Å². The highest BCUT2D eigenvalue weighted by molar-refractivity contribution is 5.78. The number of methoxy groups -OCH3 is 1. The third kappa shape index (κ3) is 2.10. The Bertz CT molecular complexity index is 703. The fourth-order valence-electron chi connectivity index (χ4n) is 1.90. The highest BCUT2D eigenvalue weighted by atomic mass is 16.5. The van der Waals surface area contributed by atoms with E-state index < -0.39 is 0 Å². The molecular weight excluding hydrogens is 240 g/mol. The van der Waals surface area contributed by atoms with Gasteiger partial charge in [0.15, 0.2) is 0 Å². The predicted octanol–water partition coefficient (Wildman–Crippen LogP) is 2.47. The molecule has 0 amide bonds. The second-order valence-corrected chi connectivity index (χ2v) is 4.14. The van der Waals surface area contributed by atoms with Crippen LogP contribution in [-0.4, -0.2) is 29.2 Å². The summed E-state index contributed by atoms with van der Waals surface area (Å²) in [6.45, 7) is 0. The number of benzene rings is 2. The first-order chi connectivity index (χ1) is 9.30. The van der Waals surface area contributed by atoms with Gasteiger partial charge in [-0.3, -0.25) is 0 Å². The molecule has 0 unspecified atom stereocenters. The standard InChI is InChI=1S/C14H14N4O/c1-15-10-3-8-13-14(9-10)17-18(16-13)11-4-6-12(19-2)7-5-11/h3-9,15H,1-2H3. The molecule has 3 aromatic rings. The van der Waals surface area contributed by atoms with Crippen molar-refractivity contribution in [3.63, 3.8) is 0 Å². The van der Waals surface area contributed by atoms with E-state index in [0.29, 0.717) is 0 Å². The van der Waals surface area contributed by atoms with Crippen LogP contribution in [0.15, 0.2) is 42.5 Å². The summed E-state index contributed by atoms with van der Waals surface area (Å²) in [5.74, 6) is 0.818. The first kappa shape index (κ1) is 11.5. The van der Waals surface area contributed by atoms with Gasteiger partial charge in [0.2, 0.25) is 0 Å². The summed E-state index contributed by atoms with van der Waals surface area (Å²) in [7, 11) is 3.53. The van der Waals surface area contributed by atoms with Gasteiger partial charge in [-0.25, -0.2) is 0 Å². The Morgan fingerprint density at radius 1 is 1.00 bits per heavy atom. The Hall–Kier alpha value is -2.56. The summed E-state index contributed by atoms with van der Waals surface area (Å²) >= 11 is 0. The first-order valence-electron chi connectivity index (χ1n) is 5.99. The molecule has 0 fully saturated rings. The Morgan fingerprint density at radius 3 is 2.42 bits per heavy atom. The molecule has 5 heteroatoms. The molecule has 0 saturated heterocycles. The van der Waals surface area contributed by atoms with Crippen molar-refractivity contribution >= 4 is 16.7 Å². The van der Waals surface area contributed by atoms with Gasteiger partial charge in [-0.2, -0.15) is 4.80 Å². The van der Waals surface area contributed by atoms with Crippen molar-refractivity contribution < 1.29 is 4.74 Å². The summed E-state index contributed by atoms with van der Waals surface area (Å²) in [6.07, 6.45) is 0. The molecule has 0 spiro atoms. The average Bonchev–Trinajstić information content (AvgIpc) is 2.90. The van der Waals surface area contributed by atoms with Crippen LogP contribution < -0.4 is 10.1 Å². The Labute approximate surface area is 110 Å². The van der Waals surface area contributed by atoms with Crippen LogP contribution in [0.1, 0.15) is 0 Å². The van der Waals surface area contributed by atoms with E-state index >= 15 is 0 Å². The Kier molecular flexibility index (Phi) is 2.79. The molecule has 2 aromatic carbocycles. The fourth-order valence-corrected chi connectivity index (χ4v) is 1.90. The van der Waals surface area contributed by atoms with Gasteiger partial charge in [0, 0.05) is 12.7 Å². The molecule has 0 radical (unpaired) electrons. The second-order valence-electron chi connectivity index (χ2n) is 4.14. The minimum absolute atomic E-state index is 0.818. The summed E-state index contributed by atoms with van der Waals surface area (Å²) in [5.41, 5.74) is 3.66. The van der Waals surface area contributed by atoms with E-state index in [2.05, 4.69) is 15.5 Å². The van der Waals surface area contributed by atoms with Gasteiger partial charge in [0.25, 0.3) is 0 Å². The monoisotopic (exact) mass is 254 g/mol. The summed E-state index contributed by atoms with van der Waals surface area (Å²) in [5, 5.41) is 12.0. The molecule has 0 aliphatic carbocycles. The number of anilines is 1. The third-order valence-electron chi connectivity index (χ3n) is 2.97. The van der Waals surface area contributed by atoms with Crippen LogP contribution in [0.5, 0.6) is 5.75 Å². The number of hydrogen-bond donors (Lipinski definition) is 1. The highest BCUT2D eigenvalue weighted by Gasteiger charge is 2.05. The number of nitrogens with zero attached hydrogens (tertiary/aromatic N) is 3. The maximum absolute atomic E-state index is 5.14. The molecule has 0 bridgehead atoms. The van der Waals surface area contributed by atoms with Crippen molar-refractivity contribution in [3.8, 4) is 11.4 Å². The topological polar surface area (TPSA) is 52.0 Å². The highest BCUT2D eigenvalue weighted by Crippen LogP contribution is 2.18. The molecule has 0 saturated carbocycles. The van der Waals surface area contributed by atoms with E-state index in [1.807, 2.05) is 49.5 Å². The first-order valence-corrected chi connectivity index (χ1v) is 5.99. The van der Waals surface area contributed by atoms with Crippen LogP contribution in [0, 0.1) is 0 Å². The molecule has 3 rings (SSSR count). The number of nitrogens with one attached hydrogen (secondary N) is 1. The molecule has 0 aliphatic heterocycles. The lowest BCUT2D eigenvalue weighted by molar-refractivity contribution is 0.414. The zero-order chi connectivity index (χ0) is 13.2. The van der Waals surface area contributed by atoms with Gasteiger partial charge in [-0.05, 0) is 42.5 Å². The van der Waals surface area contributed by atoms with Crippen molar-refractivity contribution in [2.75, 3.05) is 19.5 Å². The fraction of sp³-hybridized carbons (Fsp3) is 0.143. The minimum atomic E-state index is 0.818. The van der Waals surface area contributed by atoms with Gasteiger partial charge in [0.05, 0.1) is 12.8 Å². The van der Waals surface area contributed by atoms with E-state index in [0.717, 1.165) is 28.2 Å². The lowest BCUT2D eigenvalue weighted by Crippen LogP contribution is -1.98. The van der Waals surface area contributed by atoms with E-state index in [4.69, 9.17) is 4.74 Å². The van der Waals surface area contributed by atoms with Crippen molar-refractivity contribution in [1.82, 2.24) is 15.0 Å². The smallest absolute Gasteiger partial charge is 0.119 e. The minimum Gasteiger partial charge on any atom is -0.497 e. The van der Waals surface area contributed by atoms with E-state index in [1.54, 1.807) is 11.9 Å². The van der Waals surface area contributed by atoms with Crippen molar-refractivity contribution in [2.45, 2.75) is 0 Å². The lowest BCUT2D eigenvalue weighted by atomic mass is 10.3. The number of rotatable bonds is 3. The summed E-state index contributed by atoms with van der Waals surface area (Å²) in [4.78, 5) is 1.63. The largest absolute Gasteiger partial charge is 0.497 e. The quantitative estimate of drug-likeness (QED) is 0.780. The van der Waals surface area contributed by atoms with Crippen molar-refractivity contribution in [2.24, 2.45) is 0 Å². The molecule has 1 heterocycles. The molecular formula is C14H14N4O. The van der Waals surface area contributed by atoms with Gasteiger partial charge < -0.3 is 10.1 Å². The molecule has 96 valence electrons. The average molecular weight is 254 g/mol. The van der Waals surface area contributed by atoms with E-state index in [9.17, 15) is 0 Å². The van der Waals surface area contributed by atoms with Crippen LogP contribution in [0.2, 0.25) is 0 Å². The van der Waals surface area contributed by atoms with Crippen LogP contribution in [0.3, 0.4) is 0 Å². The molecule has 0 aliphatic rings. The van der Waals surface area contributed by atoms with Crippen LogP contribution in [0.4, 0.5) is 5.69 Å². The van der Waals surface area contributed by atoms with Gasteiger partial charge in [-0.15, -0.1) is 10.2 Å². The maximum atomic E-state index is 5.14. The second kappa shape index (κ2) is 4.61.